The molecule has 0 aliphatic rings. The Bertz CT molecular complexity index is 749. The molecule has 0 fully saturated rings. The smallest absolute Gasteiger partial charge is 0.269 e. The first-order valence-electron chi connectivity index (χ1n) is 7.92. The summed E-state index contributed by atoms with van der Waals surface area (Å²) in [5, 5.41) is 13.7. The zero-order valence-corrected chi connectivity index (χ0v) is 14.3. The third-order valence-electron chi connectivity index (χ3n) is 3.72. The van der Waals surface area contributed by atoms with E-state index in [-0.39, 0.29) is 18.1 Å². The monoisotopic (exact) mass is 343 g/mol. The van der Waals surface area contributed by atoms with Gasteiger partial charge in [-0.05, 0) is 24.2 Å². The van der Waals surface area contributed by atoms with E-state index in [9.17, 15) is 14.9 Å². The Morgan fingerprint density at radius 2 is 2.00 bits per heavy atom. The van der Waals surface area contributed by atoms with Gasteiger partial charge in [0.1, 0.15) is 5.75 Å². The van der Waals surface area contributed by atoms with Crippen LogP contribution in [0, 0.1) is 10.1 Å². The van der Waals surface area contributed by atoms with Gasteiger partial charge < -0.3 is 10.1 Å². The lowest BCUT2D eigenvalue weighted by Crippen LogP contribution is -2.32. The SMILES string of the molecule is CCN(CC(=O)Nc1ccccc1OC)Cc1cccc([N+](=O)[O-])c1. The van der Waals surface area contributed by atoms with E-state index in [0.29, 0.717) is 24.5 Å². The minimum absolute atomic E-state index is 0.0482. The van der Waals surface area contributed by atoms with Gasteiger partial charge in [0.05, 0.1) is 24.3 Å². The minimum atomic E-state index is -0.422. The summed E-state index contributed by atoms with van der Waals surface area (Å²) < 4.78 is 5.22. The molecule has 0 unspecified atom stereocenters. The molecule has 0 saturated carbocycles. The van der Waals surface area contributed by atoms with Gasteiger partial charge in [-0.25, -0.2) is 0 Å². The number of carbonyl (C=O) groups is 1. The molecule has 7 nitrogen and oxygen atoms in total. The van der Waals surface area contributed by atoms with Gasteiger partial charge in [-0.2, -0.15) is 0 Å². The van der Waals surface area contributed by atoms with Crippen molar-refractivity contribution in [2.24, 2.45) is 0 Å². The fourth-order valence-electron chi connectivity index (χ4n) is 2.45. The number of methoxy groups -OCH3 is 1. The molecule has 25 heavy (non-hydrogen) atoms. The lowest BCUT2D eigenvalue weighted by atomic mass is 10.2. The van der Waals surface area contributed by atoms with Crippen LogP contribution in [0.25, 0.3) is 0 Å². The van der Waals surface area contributed by atoms with Crippen molar-refractivity contribution in [3.05, 3.63) is 64.2 Å². The topological polar surface area (TPSA) is 84.7 Å². The first-order valence-corrected chi connectivity index (χ1v) is 7.92. The van der Waals surface area contributed by atoms with Crippen molar-refractivity contribution >= 4 is 17.3 Å². The number of amides is 1. The average Bonchev–Trinajstić information content (AvgIpc) is 2.61. The number of para-hydroxylation sites is 2. The highest BCUT2D eigenvalue weighted by molar-refractivity contribution is 5.93. The number of benzene rings is 2. The molecule has 0 aliphatic carbocycles. The maximum atomic E-state index is 12.3. The fourth-order valence-corrected chi connectivity index (χ4v) is 2.45. The molecule has 132 valence electrons. The second-order valence-corrected chi connectivity index (χ2v) is 5.48. The fraction of sp³-hybridized carbons (Fsp3) is 0.278. The molecule has 0 aromatic heterocycles. The van der Waals surface area contributed by atoms with E-state index in [4.69, 9.17) is 4.74 Å². The molecule has 0 saturated heterocycles. The Hall–Kier alpha value is -2.93. The molecule has 0 atom stereocenters. The molecule has 0 aliphatic heterocycles. The highest BCUT2D eigenvalue weighted by Crippen LogP contribution is 2.23. The maximum Gasteiger partial charge on any atom is 0.269 e. The number of hydrogen-bond acceptors (Lipinski definition) is 5. The number of ether oxygens (including phenoxy) is 1. The van der Waals surface area contributed by atoms with Gasteiger partial charge in [-0.3, -0.25) is 19.8 Å². The van der Waals surface area contributed by atoms with Gasteiger partial charge in [0, 0.05) is 18.7 Å². The Labute approximate surface area is 146 Å². The molecule has 0 heterocycles. The van der Waals surface area contributed by atoms with Crippen LogP contribution in [0.4, 0.5) is 11.4 Å². The molecule has 2 rings (SSSR count). The third-order valence-corrected chi connectivity index (χ3v) is 3.72. The van der Waals surface area contributed by atoms with Crippen LogP contribution in [0.15, 0.2) is 48.5 Å². The zero-order valence-electron chi connectivity index (χ0n) is 14.3. The Kier molecular flexibility index (Phi) is 6.47. The van der Waals surface area contributed by atoms with Gasteiger partial charge in [-0.1, -0.05) is 31.2 Å². The number of nitro groups is 1. The number of carbonyl (C=O) groups excluding carboxylic acids is 1. The van der Waals surface area contributed by atoms with Gasteiger partial charge in [0.25, 0.3) is 5.69 Å². The van der Waals surface area contributed by atoms with E-state index in [1.165, 1.54) is 12.1 Å². The standard InChI is InChI=1S/C18H21N3O4/c1-3-20(12-14-7-6-8-15(11-14)21(23)24)13-18(22)19-16-9-4-5-10-17(16)25-2/h4-11H,3,12-13H2,1-2H3,(H,19,22). The second-order valence-electron chi connectivity index (χ2n) is 5.48. The number of nitrogens with zero attached hydrogens (tertiary/aromatic N) is 2. The quantitative estimate of drug-likeness (QED) is 0.588. The van der Waals surface area contributed by atoms with Crippen LogP contribution < -0.4 is 10.1 Å². The van der Waals surface area contributed by atoms with Crippen LogP contribution in [0.3, 0.4) is 0 Å². The molecule has 7 heteroatoms. The predicted molar refractivity (Wildman–Crippen MR) is 95.7 cm³/mol. The molecule has 1 amide bonds. The van der Waals surface area contributed by atoms with Crippen LogP contribution >= 0.6 is 0 Å². The van der Waals surface area contributed by atoms with Gasteiger partial charge in [0.15, 0.2) is 0 Å². The third kappa shape index (κ3) is 5.29. The molecule has 2 aromatic rings. The van der Waals surface area contributed by atoms with Gasteiger partial charge >= 0.3 is 0 Å². The Morgan fingerprint density at radius 1 is 1.24 bits per heavy atom. The molecule has 0 radical (unpaired) electrons. The van der Waals surface area contributed by atoms with Crippen LogP contribution in [-0.4, -0.2) is 35.9 Å². The Balaban J connectivity index is 2.00. The molecule has 1 N–H and O–H groups in total. The van der Waals surface area contributed by atoms with Crippen molar-refractivity contribution in [1.82, 2.24) is 4.90 Å². The van der Waals surface area contributed by atoms with E-state index >= 15 is 0 Å². The molecule has 0 spiro atoms. The van der Waals surface area contributed by atoms with Gasteiger partial charge in [0.2, 0.25) is 5.91 Å². The molecule has 0 bridgehead atoms. The largest absolute Gasteiger partial charge is 0.495 e. The molecular weight excluding hydrogens is 322 g/mol. The summed E-state index contributed by atoms with van der Waals surface area (Å²) in [6.07, 6.45) is 0. The highest BCUT2D eigenvalue weighted by atomic mass is 16.6. The lowest BCUT2D eigenvalue weighted by Gasteiger charge is -2.20. The number of non-ortho nitro benzene ring substituents is 1. The number of nitro benzene ring substituents is 1. The second kappa shape index (κ2) is 8.79. The summed E-state index contributed by atoms with van der Waals surface area (Å²) in [6, 6.07) is 13.6. The van der Waals surface area contributed by atoms with Crippen LogP contribution in [0.1, 0.15) is 12.5 Å². The number of rotatable bonds is 8. The van der Waals surface area contributed by atoms with Crippen LogP contribution in [0.5, 0.6) is 5.75 Å². The van der Waals surface area contributed by atoms with Crippen molar-refractivity contribution in [1.29, 1.82) is 0 Å². The molecule has 2 aromatic carbocycles. The number of anilines is 1. The minimum Gasteiger partial charge on any atom is -0.495 e. The van der Waals surface area contributed by atoms with E-state index in [1.54, 1.807) is 25.3 Å². The van der Waals surface area contributed by atoms with E-state index in [2.05, 4.69) is 5.32 Å². The van der Waals surface area contributed by atoms with E-state index in [1.807, 2.05) is 30.0 Å². The maximum absolute atomic E-state index is 12.3. The van der Waals surface area contributed by atoms with Crippen molar-refractivity contribution in [3.8, 4) is 5.75 Å². The number of nitrogens with one attached hydrogen (secondary N) is 1. The number of likely N-dealkylation sites (N-methyl/N-ethyl adjacent to an activating group) is 1. The summed E-state index contributed by atoms with van der Waals surface area (Å²) in [7, 11) is 1.55. The first-order chi connectivity index (χ1) is 12.0. The summed E-state index contributed by atoms with van der Waals surface area (Å²) in [4.78, 5) is 24.6. The van der Waals surface area contributed by atoms with Crippen molar-refractivity contribution in [2.75, 3.05) is 25.5 Å². The van der Waals surface area contributed by atoms with Gasteiger partial charge in [-0.15, -0.1) is 0 Å². The van der Waals surface area contributed by atoms with Crippen molar-refractivity contribution in [2.45, 2.75) is 13.5 Å². The summed E-state index contributed by atoms with van der Waals surface area (Å²) >= 11 is 0. The van der Waals surface area contributed by atoms with Crippen LogP contribution in [-0.2, 0) is 11.3 Å². The summed E-state index contributed by atoms with van der Waals surface area (Å²) in [5.74, 6) is 0.425. The van der Waals surface area contributed by atoms with Crippen molar-refractivity contribution < 1.29 is 14.5 Å². The van der Waals surface area contributed by atoms with E-state index < -0.39 is 4.92 Å². The predicted octanol–water partition coefficient (Wildman–Crippen LogP) is 3.06. The summed E-state index contributed by atoms with van der Waals surface area (Å²) in [5.41, 5.74) is 1.45. The Morgan fingerprint density at radius 3 is 2.68 bits per heavy atom. The summed E-state index contributed by atoms with van der Waals surface area (Å²) in [6.45, 7) is 3.21. The first kappa shape index (κ1) is 18.4. The number of hydrogen-bond donors (Lipinski definition) is 1. The van der Waals surface area contributed by atoms with E-state index in [0.717, 1.165) is 5.56 Å². The lowest BCUT2D eigenvalue weighted by molar-refractivity contribution is -0.384. The normalized spacial score (nSPS) is 10.5. The van der Waals surface area contributed by atoms with Crippen LogP contribution in [0.2, 0.25) is 0 Å². The van der Waals surface area contributed by atoms with Crippen molar-refractivity contribution in [3.63, 3.8) is 0 Å². The molecular formula is C18H21N3O4. The highest BCUT2D eigenvalue weighted by Gasteiger charge is 2.13. The zero-order chi connectivity index (χ0) is 18.2. The average molecular weight is 343 g/mol.